The van der Waals surface area contributed by atoms with Crippen LogP contribution in [0.5, 0.6) is 5.75 Å². The largest absolute Gasteiger partial charge is 0.497 e. The van der Waals surface area contributed by atoms with Crippen LogP contribution in [0.4, 0.5) is 4.39 Å². The molecule has 0 radical (unpaired) electrons. The molecular weight excluding hydrogens is 493 g/mol. The van der Waals surface area contributed by atoms with Gasteiger partial charge in [0, 0.05) is 50.2 Å². The Balaban J connectivity index is 1.34. The van der Waals surface area contributed by atoms with Crippen LogP contribution in [0.25, 0.3) is 0 Å². The molecule has 0 saturated carbocycles. The molecule has 2 aromatic rings. The molecule has 1 N–H and O–H groups in total. The van der Waals surface area contributed by atoms with Crippen LogP contribution >= 0.6 is 0 Å². The van der Waals surface area contributed by atoms with Crippen LogP contribution in [0.3, 0.4) is 0 Å². The maximum absolute atomic E-state index is 13.8. The van der Waals surface area contributed by atoms with E-state index < -0.39 is 17.6 Å². The van der Waals surface area contributed by atoms with Gasteiger partial charge in [0.05, 0.1) is 19.8 Å². The first-order valence-corrected chi connectivity index (χ1v) is 13.0. The lowest BCUT2D eigenvalue weighted by molar-refractivity contribution is -0.128. The highest BCUT2D eigenvalue weighted by molar-refractivity contribution is 5.99. The zero-order valence-electron chi connectivity index (χ0n) is 21.4. The summed E-state index contributed by atoms with van der Waals surface area (Å²) in [6.07, 6.45) is 2.51. The first-order valence-electron chi connectivity index (χ1n) is 13.0. The Kier molecular flexibility index (Phi) is 7.62. The third kappa shape index (κ3) is 5.23. The summed E-state index contributed by atoms with van der Waals surface area (Å²) >= 11 is 0. The number of hydrogen-bond acceptors (Lipinski definition) is 6. The molecule has 2 aromatic carbocycles. The average molecular weight is 526 g/mol. The van der Waals surface area contributed by atoms with Crippen molar-refractivity contribution < 1.29 is 33.0 Å². The number of nitrogens with zero attached hydrogens (tertiary/aromatic N) is 2. The highest BCUT2D eigenvalue weighted by atomic mass is 19.1. The lowest BCUT2D eigenvalue weighted by Gasteiger charge is -2.44. The molecule has 2 atom stereocenters. The predicted octanol–water partition coefficient (Wildman–Crippen LogP) is 2.60. The second-order valence-electron chi connectivity index (χ2n) is 9.86. The summed E-state index contributed by atoms with van der Waals surface area (Å²) in [7, 11) is 1.55. The third-order valence-corrected chi connectivity index (χ3v) is 7.57. The normalized spacial score (nSPS) is 22.5. The lowest BCUT2D eigenvalue weighted by Crippen LogP contribution is -2.60. The maximum Gasteiger partial charge on any atom is 0.256 e. The Morgan fingerprint density at radius 3 is 2.32 bits per heavy atom. The first kappa shape index (κ1) is 26.1. The molecule has 38 heavy (non-hydrogen) atoms. The van der Waals surface area contributed by atoms with Crippen molar-refractivity contribution in [1.82, 2.24) is 15.1 Å². The van der Waals surface area contributed by atoms with E-state index in [1.807, 2.05) is 0 Å². The molecule has 0 aliphatic carbocycles. The van der Waals surface area contributed by atoms with E-state index in [1.165, 1.54) is 24.3 Å². The monoisotopic (exact) mass is 525 g/mol. The zero-order valence-corrected chi connectivity index (χ0v) is 21.4. The van der Waals surface area contributed by atoms with Gasteiger partial charge in [-0.15, -0.1) is 0 Å². The molecule has 3 aliphatic heterocycles. The van der Waals surface area contributed by atoms with Crippen molar-refractivity contribution in [2.24, 2.45) is 0 Å². The van der Waals surface area contributed by atoms with Crippen LogP contribution in [0.1, 0.15) is 46.4 Å². The summed E-state index contributed by atoms with van der Waals surface area (Å²) < 4.78 is 30.4. The van der Waals surface area contributed by atoms with E-state index in [1.54, 1.807) is 41.2 Å². The average Bonchev–Trinajstić information content (AvgIpc) is 3.60. The van der Waals surface area contributed by atoms with Crippen molar-refractivity contribution in [3.8, 4) is 5.75 Å². The van der Waals surface area contributed by atoms with Gasteiger partial charge in [0.25, 0.3) is 11.8 Å². The molecule has 3 heterocycles. The molecule has 0 unspecified atom stereocenters. The molecule has 0 aromatic heterocycles. The molecule has 3 amide bonds. The molecule has 202 valence electrons. The Hall–Kier alpha value is -3.50. The lowest BCUT2D eigenvalue weighted by atomic mass is 9.96. The van der Waals surface area contributed by atoms with Crippen LogP contribution < -0.4 is 10.1 Å². The Morgan fingerprint density at radius 2 is 1.68 bits per heavy atom. The number of likely N-dealkylation sites (tertiary alicyclic amines) is 1. The van der Waals surface area contributed by atoms with Gasteiger partial charge >= 0.3 is 0 Å². The van der Waals surface area contributed by atoms with E-state index in [0.29, 0.717) is 56.0 Å². The number of piperidine rings is 1. The Bertz CT molecular complexity index is 1160. The van der Waals surface area contributed by atoms with E-state index in [9.17, 15) is 18.8 Å². The minimum absolute atomic E-state index is 0.0262. The van der Waals surface area contributed by atoms with Crippen molar-refractivity contribution in [3.63, 3.8) is 0 Å². The number of halogens is 1. The SMILES string of the molecule is COc1ccc(C(=O)N2[C@@H](C(=O)NC[C@H]3CCCO3)COC23CCN(C(=O)c2ccc(F)cc2)CC3)cc1. The number of ether oxygens (including phenoxy) is 3. The third-order valence-electron chi connectivity index (χ3n) is 7.57. The summed E-state index contributed by atoms with van der Waals surface area (Å²) in [6.45, 7) is 1.78. The maximum atomic E-state index is 13.8. The van der Waals surface area contributed by atoms with Gasteiger partial charge in [0.2, 0.25) is 5.91 Å². The molecule has 9 nitrogen and oxygen atoms in total. The van der Waals surface area contributed by atoms with Crippen LogP contribution in [0.15, 0.2) is 48.5 Å². The molecule has 0 bridgehead atoms. The number of carbonyl (C=O) groups excluding carboxylic acids is 3. The first-order chi connectivity index (χ1) is 18.4. The van der Waals surface area contributed by atoms with Crippen molar-refractivity contribution >= 4 is 17.7 Å². The number of rotatable bonds is 6. The number of hydrogen-bond donors (Lipinski definition) is 1. The van der Waals surface area contributed by atoms with E-state index in [0.717, 1.165) is 12.8 Å². The highest BCUT2D eigenvalue weighted by Crippen LogP contribution is 2.39. The molecule has 5 rings (SSSR count). The van der Waals surface area contributed by atoms with Crippen LogP contribution in [0.2, 0.25) is 0 Å². The standard InChI is InChI=1S/C28H32FN3O6/c1-36-22-10-6-20(7-11-22)27(35)32-24(25(33)30-17-23-3-2-16-37-23)18-38-28(32)12-14-31(15-13-28)26(34)19-4-8-21(29)9-5-19/h4-11,23-24H,2-3,12-18H2,1H3,(H,30,33)/t23-,24-/m1/s1. The van der Waals surface area contributed by atoms with Crippen LogP contribution in [0, 0.1) is 5.82 Å². The Morgan fingerprint density at radius 1 is 1.03 bits per heavy atom. The quantitative estimate of drug-likeness (QED) is 0.623. The molecule has 3 saturated heterocycles. The van der Waals surface area contributed by atoms with E-state index in [-0.39, 0.29) is 30.4 Å². The van der Waals surface area contributed by atoms with Crippen molar-refractivity contribution in [2.45, 2.75) is 43.6 Å². The Labute approximate surface area is 220 Å². The van der Waals surface area contributed by atoms with Crippen molar-refractivity contribution in [1.29, 1.82) is 0 Å². The minimum atomic E-state index is -1.03. The number of benzene rings is 2. The summed E-state index contributed by atoms with van der Waals surface area (Å²) in [6, 6.07) is 11.4. The van der Waals surface area contributed by atoms with Gasteiger partial charge in [-0.3, -0.25) is 19.3 Å². The zero-order chi connectivity index (χ0) is 26.7. The summed E-state index contributed by atoms with van der Waals surface area (Å²) in [5, 5.41) is 2.94. The minimum Gasteiger partial charge on any atom is -0.497 e. The summed E-state index contributed by atoms with van der Waals surface area (Å²) in [5.74, 6) is -0.607. The van der Waals surface area contributed by atoms with E-state index in [2.05, 4.69) is 5.32 Å². The number of methoxy groups -OCH3 is 1. The highest BCUT2D eigenvalue weighted by Gasteiger charge is 2.54. The molecule has 1 spiro atoms. The smallest absolute Gasteiger partial charge is 0.256 e. The second-order valence-corrected chi connectivity index (χ2v) is 9.86. The van der Waals surface area contributed by atoms with Crippen LogP contribution in [-0.2, 0) is 14.3 Å². The van der Waals surface area contributed by atoms with Crippen molar-refractivity contribution in [3.05, 3.63) is 65.5 Å². The fourth-order valence-corrected chi connectivity index (χ4v) is 5.41. The number of carbonyl (C=O) groups is 3. The summed E-state index contributed by atoms with van der Waals surface area (Å²) in [4.78, 5) is 43.4. The van der Waals surface area contributed by atoms with Gasteiger partial charge in [0.15, 0.2) is 0 Å². The second kappa shape index (κ2) is 11.1. The molecule has 3 aliphatic rings. The fourth-order valence-electron chi connectivity index (χ4n) is 5.41. The van der Waals surface area contributed by atoms with E-state index >= 15 is 0 Å². The van der Waals surface area contributed by atoms with Crippen LogP contribution in [-0.4, -0.2) is 85.3 Å². The van der Waals surface area contributed by atoms with E-state index in [4.69, 9.17) is 14.2 Å². The van der Waals surface area contributed by atoms with Crippen molar-refractivity contribution in [2.75, 3.05) is 40.0 Å². The summed E-state index contributed by atoms with van der Waals surface area (Å²) in [5.41, 5.74) is -0.215. The van der Waals surface area contributed by atoms with Gasteiger partial charge in [-0.05, 0) is 61.4 Å². The number of nitrogens with one attached hydrogen (secondary N) is 1. The van der Waals surface area contributed by atoms with Gasteiger partial charge in [0.1, 0.15) is 23.3 Å². The number of amides is 3. The predicted molar refractivity (Wildman–Crippen MR) is 135 cm³/mol. The molecular formula is C28H32FN3O6. The van der Waals surface area contributed by atoms with Gasteiger partial charge < -0.3 is 24.4 Å². The molecule has 3 fully saturated rings. The topological polar surface area (TPSA) is 97.4 Å². The van der Waals surface area contributed by atoms with Gasteiger partial charge in [-0.1, -0.05) is 0 Å². The molecule has 10 heteroatoms. The van der Waals surface area contributed by atoms with Gasteiger partial charge in [-0.25, -0.2) is 4.39 Å². The fraction of sp³-hybridized carbons (Fsp3) is 0.464. The van der Waals surface area contributed by atoms with Gasteiger partial charge in [-0.2, -0.15) is 0 Å².